The number of aryl methyl sites for hydroxylation is 2. The average molecular weight is 537 g/mol. The number of hydrogen-bond acceptors (Lipinski definition) is 6. The van der Waals surface area contributed by atoms with Gasteiger partial charge in [0, 0.05) is 22.3 Å². The number of phenols is 2. The number of fused-ring (bicyclic) bond motifs is 6. The van der Waals surface area contributed by atoms with Gasteiger partial charge in [-0.05, 0) is 65.8 Å². The van der Waals surface area contributed by atoms with Crippen LogP contribution in [0.25, 0.3) is 0 Å². The summed E-state index contributed by atoms with van der Waals surface area (Å²) in [4.78, 5) is 0. The monoisotopic (exact) mass is 536 g/mol. The molecular weight excluding hydrogens is 496 g/mol. The van der Waals surface area contributed by atoms with Gasteiger partial charge in [-0.15, -0.1) is 0 Å². The van der Waals surface area contributed by atoms with E-state index in [0.717, 1.165) is 56.1 Å². The number of rotatable bonds is 0. The predicted octanol–water partition coefficient (Wildman–Crippen LogP) is 8.72. The van der Waals surface area contributed by atoms with Crippen LogP contribution >= 0.6 is 0 Å². The fraction of sp³-hybridized carbons (Fsp3) is 0.294. The highest BCUT2D eigenvalue weighted by atomic mass is 16.3. The van der Waals surface area contributed by atoms with E-state index in [0.29, 0.717) is 11.5 Å². The molecule has 208 valence electrons. The lowest BCUT2D eigenvalue weighted by atomic mass is 9.95. The van der Waals surface area contributed by atoms with Crippen molar-refractivity contribution in [2.45, 2.75) is 65.7 Å². The van der Waals surface area contributed by atoms with Gasteiger partial charge in [-0.1, -0.05) is 59.7 Å². The zero-order chi connectivity index (χ0) is 28.6. The largest absolute Gasteiger partial charge is 0.507 e. The predicted molar refractivity (Wildman–Crippen MR) is 167 cm³/mol. The Morgan fingerprint density at radius 3 is 0.900 bits per heavy atom. The Hall–Kier alpha value is -4.32. The molecule has 0 aromatic heterocycles. The molecule has 0 saturated heterocycles. The summed E-state index contributed by atoms with van der Waals surface area (Å²) in [6, 6.07) is 23.7. The van der Waals surface area contributed by atoms with Gasteiger partial charge < -0.3 is 31.5 Å². The molecule has 4 atom stereocenters. The van der Waals surface area contributed by atoms with Crippen molar-refractivity contribution in [3.8, 4) is 11.5 Å². The van der Waals surface area contributed by atoms with Crippen molar-refractivity contribution < 1.29 is 10.2 Å². The molecule has 5 rings (SSSR count). The minimum Gasteiger partial charge on any atom is -0.507 e. The van der Waals surface area contributed by atoms with Crippen LogP contribution in [0.2, 0.25) is 0 Å². The number of para-hydroxylation sites is 4. The summed E-state index contributed by atoms with van der Waals surface area (Å²) in [5.41, 5.74) is 9.24. The molecule has 0 amide bonds. The second kappa shape index (κ2) is 11.0. The highest BCUT2D eigenvalue weighted by Crippen LogP contribution is 2.41. The summed E-state index contributed by atoms with van der Waals surface area (Å²) in [5.74, 6) is 0.583. The van der Waals surface area contributed by atoms with E-state index in [1.807, 2.05) is 72.8 Å². The molecule has 1 heterocycles. The van der Waals surface area contributed by atoms with Gasteiger partial charge in [-0.3, -0.25) is 0 Å². The minimum absolute atomic E-state index is 0.156. The lowest BCUT2D eigenvalue weighted by molar-refractivity contribution is 0.454. The van der Waals surface area contributed by atoms with Gasteiger partial charge in [0.15, 0.2) is 0 Å². The Kier molecular flexibility index (Phi) is 7.53. The highest BCUT2D eigenvalue weighted by molar-refractivity contribution is 5.72. The molecule has 6 N–H and O–H groups in total. The zero-order valence-corrected chi connectivity index (χ0v) is 24.1. The van der Waals surface area contributed by atoms with Crippen LogP contribution in [0.3, 0.4) is 0 Å². The van der Waals surface area contributed by atoms with E-state index in [-0.39, 0.29) is 24.2 Å². The molecule has 4 bridgehead atoms. The maximum Gasteiger partial charge on any atom is 0.126 e. The Morgan fingerprint density at radius 1 is 0.450 bits per heavy atom. The van der Waals surface area contributed by atoms with E-state index in [1.54, 1.807) is 0 Å². The minimum atomic E-state index is -0.156. The molecule has 1 aliphatic rings. The van der Waals surface area contributed by atoms with Gasteiger partial charge in [0.25, 0.3) is 0 Å². The van der Waals surface area contributed by atoms with Gasteiger partial charge in [-0.2, -0.15) is 0 Å². The van der Waals surface area contributed by atoms with Crippen LogP contribution in [-0.4, -0.2) is 10.2 Å². The summed E-state index contributed by atoms with van der Waals surface area (Å²) < 4.78 is 0. The first-order chi connectivity index (χ1) is 19.1. The Labute approximate surface area is 237 Å². The molecule has 0 fully saturated rings. The quantitative estimate of drug-likeness (QED) is 0.135. The summed E-state index contributed by atoms with van der Waals surface area (Å²) in [6.45, 7) is 12.4. The van der Waals surface area contributed by atoms with Gasteiger partial charge in [0.2, 0.25) is 0 Å². The molecule has 4 aromatic rings. The SMILES string of the molecule is Cc1cc2c(O)c(c1)C(C)Nc1ccccc1NC(C)c1cc(C)cc(c1O)C(C)Nc1ccccc1NC2C. The van der Waals surface area contributed by atoms with Gasteiger partial charge in [0.1, 0.15) is 11.5 Å². The maximum absolute atomic E-state index is 11.5. The van der Waals surface area contributed by atoms with Gasteiger partial charge in [0.05, 0.1) is 46.9 Å². The van der Waals surface area contributed by atoms with E-state index in [1.165, 1.54) is 0 Å². The molecule has 0 spiro atoms. The maximum atomic E-state index is 11.5. The Morgan fingerprint density at radius 2 is 0.675 bits per heavy atom. The number of nitrogens with one attached hydrogen (secondary N) is 4. The van der Waals surface area contributed by atoms with Crippen LogP contribution < -0.4 is 21.3 Å². The first kappa shape index (κ1) is 27.3. The molecule has 0 radical (unpaired) electrons. The first-order valence-corrected chi connectivity index (χ1v) is 14.0. The zero-order valence-electron chi connectivity index (χ0n) is 24.1. The second-order valence-electron chi connectivity index (χ2n) is 11.1. The van der Waals surface area contributed by atoms with Crippen molar-refractivity contribution in [2.75, 3.05) is 21.3 Å². The molecule has 6 nitrogen and oxygen atoms in total. The lowest BCUT2D eigenvalue weighted by Gasteiger charge is -2.27. The summed E-state index contributed by atoms with van der Waals surface area (Å²) in [5, 5.41) is 37.4. The summed E-state index contributed by atoms with van der Waals surface area (Å²) in [6.07, 6.45) is 0. The average Bonchev–Trinajstić information content (AvgIpc) is 2.92. The number of aromatic hydroxyl groups is 2. The van der Waals surface area contributed by atoms with Crippen LogP contribution in [0.4, 0.5) is 22.7 Å². The third-order valence-electron chi connectivity index (χ3n) is 7.83. The summed E-state index contributed by atoms with van der Waals surface area (Å²) in [7, 11) is 0. The molecule has 1 aliphatic heterocycles. The van der Waals surface area contributed by atoms with Gasteiger partial charge >= 0.3 is 0 Å². The van der Waals surface area contributed by atoms with Crippen molar-refractivity contribution in [1.29, 1.82) is 0 Å². The molecule has 4 unspecified atom stereocenters. The van der Waals surface area contributed by atoms with Gasteiger partial charge in [-0.25, -0.2) is 0 Å². The van der Waals surface area contributed by atoms with Crippen LogP contribution in [0.1, 0.15) is 85.2 Å². The van der Waals surface area contributed by atoms with Crippen LogP contribution in [0.5, 0.6) is 11.5 Å². The molecule has 0 saturated carbocycles. The van der Waals surface area contributed by atoms with Crippen molar-refractivity contribution >= 4 is 22.7 Å². The van der Waals surface area contributed by atoms with Crippen molar-refractivity contribution in [3.63, 3.8) is 0 Å². The molecule has 40 heavy (non-hydrogen) atoms. The summed E-state index contributed by atoms with van der Waals surface area (Å²) >= 11 is 0. The van der Waals surface area contributed by atoms with Crippen molar-refractivity contribution in [2.24, 2.45) is 0 Å². The lowest BCUT2D eigenvalue weighted by Crippen LogP contribution is -2.16. The van der Waals surface area contributed by atoms with E-state index in [9.17, 15) is 10.2 Å². The topological polar surface area (TPSA) is 88.6 Å². The van der Waals surface area contributed by atoms with E-state index in [4.69, 9.17) is 0 Å². The molecule has 4 aromatic carbocycles. The van der Waals surface area contributed by atoms with E-state index in [2.05, 4.69) is 62.8 Å². The normalized spacial score (nSPS) is 20.8. The third-order valence-corrected chi connectivity index (χ3v) is 7.83. The van der Waals surface area contributed by atoms with Crippen molar-refractivity contribution in [3.05, 3.63) is 106 Å². The number of hydrogen-bond donors (Lipinski definition) is 6. The van der Waals surface area contributed by atoms with Crippen molar-refractivity contribution in [1.82, 2.24) is 0 Å². The number of phenolic OH excluding ortho intramolecular Hbond substituents is 2. The van der Waals surface area contributed by atoms with Crippen LogP contribution in [0.15, 0.2) is 72.8 Å². The van der Waals surface area contributed by atoms with Crippen LogP contribution in [0, 0.1) is 13.8 Å². The Bertz CT molecular complexity index is 1310. The molecule has 0 aliphatic carbocycles. The highest BCUT2D eigenvalue weighted by Gasteiger charge is 2.23. The van der Waals surface area contributed by atoms with E-state index < -0.39 is 0 Å². The van der Waals surface area contributed by atoms with E-state index >= 15 is 0 Å². The standard InChI is InChI=1S/C34H40N4O2/c1-19-15-25-21(3)35-29-11-7-9-13-31(29)37-23(5)27-17-20(2)18-28(34(27)40)24(6)38-32-14-10-8-12-30(32)36-22(4)26(16-19)33(25)39/h7-18,21-24,35-40H,1-6H3. The fourth-order valence-electron chi connectivity index (χ4n) is 5.71. The molecule has 6 heteroatoms. The fourth-order valence-corrected chi connectivity index (χ4v) is 5.71. The smallest absolute Gasteiger partial charge is 0.126 e. The van der Waals surface area contributed by atoms with Crippen LogP contribution in [-0.2, 0) is 0 Å². The Balaban J connectivity index is 1.66. The first-order valence-electron chi connectivity index (χ1n) is 14.0. The third kappa shape index (κ3) is 5.39. The second-order valence-corrected chi connectivity index (χ2v) is 11.1. The molecular formula is C34H40N4O2. The number of benzene rings is 4. The number of anilines is 4.